The Balaban J connectivity index is 1.82. The predicted molar refractivity (Wildman–Crippen MR) is 73.2 cm³/mol. The highest BCUT2D eigenvalue weighted by molar-refractivity contribution is 5.81. The van der Waals surface area contributed by atoms with Gasteiger partial charge in [-0.25, -0.2) is 8.78 Å². The Morgan fingerprint density at radius 3 is 2.81 bits per heavy atom. The van der Waals surface area contributed by atoms with Crippen molar-refractivity contribution >= 4 is 5.91 Å². The minimum atomic E-state index is -0.539. The zero-order valence-corrected chi connectivity index (χ0v) is 11.5. The van der Waals surface area contributed by atoms with Crippen LogP contribution in [-0.2, 0) is 17.9 Å². The fourth-order valence-corrected chi connectivity index (χ4v) is 1.78. The Morgan fingerprint density at radius 1 is 1.29 bits per heavy atom. The van der Waals surface area contributed by atoms with E-state index in [1.807, 2.05) is 0 Å². The fraction of sp³-hybridized carbons (Fsp3) is 0.267. The first-order chi connectivity index (χ1) is 10.1. The van der Waals surface area contributed by atoms with Gasteiger partial charge in [0.25, 0.3) is 0 Å². The van der Waals surface area contributed by atoms with E-state index in [4.69, 9.17) is 4.42 Å². The van der Waals surface area contributed by atoms with Crippen LogP contribution < -0.4 is 10.6 Å². The minimum absolute atomic E-state index is 0.0684. The highest BCUT2D eigenvalue weighted by Gasteiger charge is 2.13. The zero-order valence-electron chi connectivity index (χ0n) is 11.5. The van der Waals surface area contributed by atoms with E-state index < -0.39 is 17.7 Å². The number of amides is 1. The molecule has 1 aromatic heterocycles. The van der Waals surface area contributed by atoms with Crippen molar-refractivity contribution in [3.63, 3.8) is 0 Å². The number of benzene rings is 1. The van der Waals surface area contributed by atoms with E-state index in [0.717, 1.165) is 18.2 Å². The lowest BCUT2D eigenvalue weighted by Gasteiger charge is -2.14. The number of rotatable bonds is 6. The normalized spacial score (nSPS) is 12.1. The number of halogens is 2. The van der Waals surface area contributed by atoms with E-state index >= 15 is 0 Å². The lowest BCUT2D eigenvalue weighted by atomic mass is 10.2. The summed E-state index contributed by atoms with van der Waals surface area (Å²) in [5.74, 6) is -0.620. The largest absolute Gasteiger partial charge is 0.467 e. The number of hydrogen-bond donors (Lipinski definition) is 2. The van der Waals surface area contributed by atoms with Crippen molar-refractivity contribution in [2.45, 2.75) is 26.1 Å². The SMILES string of the molecule is CC(NCc1cc(F)ccc1F)C(=O)NCc1ccco1. The van der Waals surface area contributed by atoms with Gasteiger partial charge in [0.1, 0.15) is 17.4 Å². The summed E-state index contributed by atoms with van der Waals surface area (Å²) >= 11 is 0. The summed E-state index contributed by atoms with van der Waals surface area (Å²) in [6.45, 7) is 2.00. The molecule has 0 saturated carbocycles. The van der Waals surface area contributed by atoms with Gasteiger partial charge in [0.15, 0.2) is 0 Å². The van der Waals surface area contributed by atoms with E-state index in [0.29, 0.717) is 5.76 Å². The summed E-state index contributed by atoms with van der Waals surface area (Å²) in [5.41, 5.74) is 0.181. The van der Waals surface area contributed by atoms with Gasteiger partial charge in [-0.15, -0.1) is 0 Å². The third-order valence-electron chi connectivity index (χ3n) is 3.02. The van der Waals surface area contributed by atoms with Gasteiger partial charge in [-0.3, -0.25) is 4.79 Å². The number of carbonyl (C=O) groups excluding carboxylic acids is 1. The molecule has 21 heavy (non-hydrogen) atoms. The molecule has 1 aromatic carbocycles. The van der Waals surface area contributed by atoms with Gasteiger partial charge in [-0.1, -0.05) is 0 Å². The molecular weight excluding hydrogens is 278 g/mol. The van der Waals surface area contributed by atoms with E-state index in [2.05, 4.69) is 10.6 Å². The molecule has 1 amide bonds. The monoisotopic (exact) mass is 294 g/mol. The summed E-state index contributed by atoms with van der Waals surface area (Å²) in [4.78, 5) is 11.8. The maximum Gasteiger partial charge on any atom is 0.237 e. The molecular formula is C15H16F2N2O2. The smallest absolute Gasteiger partial charge is 0.237 e. The van der Waals surface area contributed by atoms with E-state index in [9.17, 15) is 13.6 Å². The Labute approximate surface area is 121 Å². The molecule has 0 bridgehead atoms. The van der Waals surface area contributed by atoms with Crippen molar-refractivity contribution in [1.82, 2.24) is 10.6 Å². The molecule has 0 spiro atoms. The fourth-order valence-electron chi connectivity index (χ4n) is 1.78. The van der Waals surface area contributed by atoms with E-state index in [-0.39, 0.29) is 24.6 Å². The standard InChI is InChI=1S/C15H16F2N2O2/c1-10(15(20)19-9-13-3-2-6-21-13)18-8-11-7-12(16)4-5-14(11)17/h2-7,10,18H,8-9H2,1H3,(H,19,20). The first-order valence-corrected chi connectivity index (χ1v) is 6.53. The van der Waals surface area contributed by atoms with Crippen molar-refractivity contribution in [2.75, 3.05) is 0 Å². The molecule has 0 radical (unpaired) electrons. The Morgan fingerprint density at radius 2 is 2.10 bits per heavy atom. The second kappa shape index (κ2) is 6.99. The van der Waals surface area contributed by atoms with Crippen LogP contribution in [0.2, 0.25) is 0 Å². The average Bonchev–Trinajstić information content (AvgIpc) is 2.98. The van der Waals surface area contributed by atoms with E-state index in [1.165, 1.54) is 6.26 Å². The first kappa shape index (κ1) is 15.2. The van der Waals surface area contributed by atoms with Crippen molar-refractivity contribution in [2.24, 2.45) is 0 Å². The van der Waals surface area contributed by atoms with Gasteiger partial charge in [-0.05, 0) is 37.3 Å². The van der Waals surface area contributed by atoms with Crippen LogP contribution in [0.5, 0.6) is 0 Å². The van der Waals surface area contributed by atoms with Crippen LogP contribution in [0.1, 0.15) is 18.2 Å². The highest BCUT2D eigenvalue weighted by atomic mass is 19.1. The maximum absolute atomic E-state index is 13.4. The van der Waals surface area contributed by atoms with Gasteiger partial charge < -0.3 is 15.1 Å². The topological polar surface area (TPSA) is 54.3 Å². The van der Waals surface area contributed by atoms with Gasteiger partial charge in [0.2, 0.25) is 5.91 Å². The van der Waals surface area contributed by atoms with Crippen molar-refractivity contribution < 1.29 is 18.0 Å². The molecule has 112 valence electrons. The molecule has 1 unspecified atom stereocenters. The summed E-state index contributed by atoms with van der Waals surface area (Å²) < 4.78 is 31.6. The van der Waals surface area contributed by atoms with Crippen LogP contribution in [-0.4, -0.2) is 11.9 Å². The second-order valence-corrected chi connectivity index (χ2v) is 4.64. The van der Waals surface area contributed by atoms with Crippen LogP contribution >= 0.6 is 0 Å². The quantitative estimate of drug-likeness (QED) is 0.860. The second-order valence-electron chi connectivity index (χ2n) is 4.64. The lowest BCUT2D eigenvalue weighted by molar-refractivity contribution is -0.123. The van der Waals surface area contributed by atoms with Gasteiger partial charge in [0, 0.05) is 12.1 Å². The minimum Gasteiger partial charge on any atom is -0.467 e. The molecule has 0 saturated heterocycles. The van der Waals surface area contributed by atoms with Crippen LogP contribution in [0.15, 0.2) is 41.0 Å². The third-order valence-corrected chi connectivity index (χ3v) is 3.02. The molecule has 0 aliphatic carbocycles. The number of nitrogens with one attached hydrogen (secondary N) is 2. The molecule has 2 rings (SSSR count). The average molecular weight is 294 g/mol. The van der Waals surface area contributed by atoms with Crippen LogP contribution in [0.4, 0.5) is 8.78 Å². The predicted octanol–water partition coefficient (Wildman–Crippen LogP) is 2.35. The zero-order chi connectivity index (χ0) is 15.2. The molecule has 0 fully saturated rings. The Kier molecular flexibility index (Phi) is 5.05. The summed E-state index contributed by atoms with van der Waals surface area (Å²) in [5, 5.41) is 5.53. The van der Waals surface area contributed by atoms with Crippen molar-refractivity contribution in [1.29, 1.82) is 0 Å². The van der Waals surface area contributed by atoms with Crippen LogP contribution in [0, 0.1) is 11.6 Å². The maximum atomic E-state index is 13.4. The Bertz CT molecular complexity index is 600. The molecule has 6 heteroatoms. The number of carbonyl (C=O) groups is 1. The van der Waals surface area contributed by atoms with Crippen LogP contribution in [0.3, 0.4) is 0 Å². The molecule has 0 aliphatic rings. The summed E-state index contributed by atoms with van der Waals surface area (Å²) in [6.07, 6.45) is 1.52. The Hall–Kier alpha value is -2.21. The molecule has 2 aromatic rings. The lowest BCUT2D eigenvalue weighted by Crippen LogP contribution is -2.41. The van der Waals surface area contributed by atoms with Crippen LogP contribution in [0.25, 0.3) is 0 Å². The van der Waals surface area contributed by atoms with E-state index in [1.54, 1.807) is 19.1 Å². The summed E-state index contributed by atoms with van der Waals surface area (Å²) in [6, 6.07) is 6.17. The van der Waals surface area contributed by atoms with Crippen molar-refractivity contribution in [3.8, 4) is 0 Å². The molecule has 2 N–H and O–H groups in total. The van der Waals surface area contributed by atoms with Gasteiger partial charge in [-0.2, -0.15) is 0 Å². The first-order valence-electron chi connectivity index (χ1n) is 6.53. The number of furan rings is 1. The molecule has 4 nitrogen and oxygen atoms in total. The number of hydrogen-bond acceptors (Lipinski definition) is 3. The third kappa shape index (κ3) is 4.39. The van der Waals surface area contributed by atoms with Crippen molar-refractivity contribution in [3.05, 3.63) is 59.6 Å². The highest BCUT2D eigenvalue weighted by Crippen LogP contribution is 2.09. The molecule has 1 heterocycles. The summed E-state index contributed by atoms with van der Waals surface area (Å²) in [7, 11) is 0. The molecule has 0 aliphatic heterocycles. The van der Waals surface area contributed by atoms with Gasteiger partial charge in [0.05, 0.1) is 18.8 Å². The molecule has 1 atom stereocenters. The van der Waals surface area contributed by atoms with Gasteiger partial charge >= 0.3 is 0 Å².